The number of nitrogens with one attached hydrogen (secondary N) is 3. The first-order chi connectivity index (χ1) is 12.6. The first-order valence-electron chi connectivity index (χ1n) is 9.07. The van der Waals surface area contributed by atoms with Gasteiger partial charge in [-0.15, -0.1) is 0 Å². The van der Waals surface area contributed by atoms with Gasteiger partial charge in [-0.3, -0.25) is 4.79 Å². The molecule has 0 aromatic heterocycles. The number of piperidine rings is 1. The SMILES string of the molecule is CC1CCNC(=O)C1NC(=O)NCC(c1ccccc1)c1ccccc1. The molecule has 1 aliphatic heterocycles. The zero-order valence-corrected chi connectivity index (χ0v) is 14.9. The molecule has 0 radical (unpaired) electrons. The summed E-state index contributed by atoms with van der Waals surface area (Å²) in [5, 5.41) is 8.56. The van der Waals surface area contributed by atoms with Crippen LogP contribution in [0.1, 0.15) is 30.4 Å². The van der Waals surface area contributed by atoms with E-state index in [1.54, 1.807) is 0 Å². The van der Waals surface area contributed by atoms with Gasteiger partial charge in [0.05, 0.1) is 0 Å². The molecular weight excluding hydrogens is 326 g/mol. The van der Waals surface area contributed by atoms with E-state index in [0.29, 0.717) is 13.1 Å². The molecular formula is C21H25N3O2. The van der Waals surface area contributed by atoms with Gasteiger partial charge in [-0.05, 0) is 23.5 Å². The van der Waals surface area contributed by atoms with Crippen molar-refractivity contribution in [1.82, 2.24) is 16.0 Å². The van der Waals surface area contributed by atoms with E-state index in [9.17, 15) is 9.59 Å². The molecule has 5 heteroatoms. The Morgan fingerprint density at radius 1 is 1.08 bits per heavy atom. The maximum absolute atomic E-state index is 12.4. The first-order valence-corrected chi connectivity index (χ1v) is 9.07. The largest absolute Gasteiger partial charge is 0.354 e. The molecule has 3 amide bonds. The van der Waals surface area contributed by atoms with Crippen LogP contribution in [0.4, 0.5) is 4.79 Å². The second-order valence-corrected chi connectivity index (χ2v) is 6.76. The number of hydrogen-bond donors (Lipinski definition) is 3. The van der Waals surface area contributed by atoms with Crippen molar-refractivity contribution >= 4 is 11.9 Å². The minimum atomic E-state index is -0.476. The summed E-state index contributed by atoms with van der Waals surface area (Å²) in [6.45, 7) is 3.12. The number of carbonyl (C=O) groups excluding carboxylic acids is 2. The quantitative estimate of drug-likeness (QED) is 0.775. The highest BCUT2D eigenvalue weighted by Gasteiger charge is 2.30. The van der Waals surface area contributed by atoms with Crippen LogP contribution in [0.3, 0.4) is 0 Å². The molecule has 136 valence electrons. The molecule has 0 aliphatic carbocycles. The summed E-state index contributed by atoms with van der Waals surface area (Å²) >= 11 is 0. The van der Waals surface area contributed by atoms with Crippen molar-refractivity contribution in [3.05, 3.63) is 71.8 Å². The van der Waals surface area contributed by atoms with Gasteiger partial charge in [-0.25, -0.2) is 4.79 Å². The number of urea groups is 1. The third-order valence-corrected chi connectivity index (χ3v) is 4.91. The van der Waals surface area contributed by atoms with Crippen LogP contribution in [0.25, 0.3) is 0 Å². The zero-order valence-electron chi connectivity index (χ0n) is 14.9. The molecule has 0 spiro atoms. The summed E-state index contributed by atoms with van der Waals surface area (Å²) in [6, 6.07) is 19.4. The Bertz CT molecular complexity index is 694. The molecule has 1 fully saturated rings. The van der Waals surface area contributed by atoms with Gasteiger partial charge in [0.25, 0.3) is 0 Å². The zero-order chi connectivity index (χ0) is 18.4. The molecule has 0 saturated carbocycles. The average molecular weight is 351 g/mol. The summed E-state index contributed by atoms with van der Waals surface area (Å²) in [4.78, 5) is 24.3. The van der Waals surface area contributed by atoms with E-state index in [1.807, 2.05) is 43.3 Å². The molecule has 2 unspecified atom stereocenters. The lowest BCUT2D eigenvalue weighted by atomic mass is 9.91. The Labute approximate surface area is 154 Å². The van der Waals surface area contributed by atoms with Crippen LogP contribution in [0.15, 0.2) is 60.7 Å². The van der Waals surface area contributed by atoms with E-state index in [0.717, 1.165) is 17.5 Å². The Hall–Kier alpha value is -2.82. The first kappa shape index (κ1) is 18.0. The fraction of sp³-hybridized carbons (Fsp3) is 0.333. The topological polar surface area (TPSA) is 70.2 Å². The summed E-state index contributed by atoms with van der Waals surface area (Å²) in [7, 11) is 0. The van der Waals surface area contributed by atoms with Crippen LogP contribution in [0.5, 0.6) is 0 Å². The maximum Gasteiger partial charge on any atom is 0.315 e. The summed E-state index contributed by atoms with van der Waals surface area (Å²) < 4.78 is 0. The minimum Gasteiger partial charge on any atom is -0.354 e. The lowest BCUT2D eigenvalue weighted by Gasteiger charge is -2.29. The standard InChI is InChI=1S/C21H25N3O2/c1-15-12-13-22-20(25)19(15)24-21(26)23-14-18(16-8-4-2-5-9-16)17-10-6-3-7-11-17/h2-11,15,18-19H,12-14H2,1H3,(H,22,25)(H2,23,24,26). The van der Waals surface area contributed by atoms with E-state index in [4.69, 9.17) is 0 Å². The van der Waals surface area contributed by atoms with E-state index < -0.39 is 6.04 Å². The Balaban J connectivity index is 1.66. The van der Waals surface area contributed by atoms with Gasteiger partial charge < -0.3 is 16.0 Å². The van der Waals surface area contributed by atoms with Crippen LogP contribution in [-0.2, 0) is 4.79 Å². The highest BCUT2D eigenvalue weighted by atomic mass is 16.2. The molecule has 1 saturated heterocycles. The van der Waals surface area contributed by atoms with Crippen molar-refractivity contribution < 1.29 is 9.59 Å². The van der Waals surface area contributed by atoms with Crippen molar-refractivity contribution in [2.24, 2.45) is 5.92 Å². The van der Waals surface area contributed by atoms with E-state index in [-0.39, 0.29) is 23.8 Å². The second-order valence-electron chi connectivity index (χ2n) is 6.76. The molecule has 0 bridgehead atoms. The predicted octanol–water partition coefficient (Wildman–Crippen LogP) is 2.64. The van der Waals surface area contributed by atoms with Crippen molar-refractivity contribution in [2.75, 3.05) is 13.1 Å². The minimum absolute atomic E-state index is 0.0563. The highest BCUT2D eigenvalue weighted by molar-refractivity contribution is 5.87. The lowest BCUT2D eigenvalue weighted by Crippen LogP contribution is -2.56. The van der Waals surface area contributed by atoms with Gasteiger partial charge in [0.1, 0.15) is 6.04 Å². The molecule has 2 atom stereocenters. The third kappa shape index (κ3) is 4.42. The van der Waals surface area contributed by atoms with Crippen LogP contribution >= 0.6 is 0 Å². The Kier molecular flexibility index (Phi) is 5.89. The molecule has 26 heavy (non-hydrogen) atoms. The molecule has 2 aromatic rings. The van der Waals surface area contributed by atoms with E-state index in [1.165, 1.54) is 0 Å². The van der Waals surface area contributed by atoms with Crippen LogP contribution < -0.4 is 16.0 Å². The van der Waals surface area contributed by atoms with E-state index >= 15 is 0 Å². The molecule has 3 rings (SSSR count). The normalized spacial score (nSPS) is 19.7. The van der Waals surface area contributed by atoms with Crippen molar-refractivity contribution in [3.8, 4) is 0 Å². The van der Waals surface area contributed by atoms with Gasteiger partial charge in [0, 0.05) is 19.0 Å². The number of rotatable bonds is 5. The third-order valence-electron chi connectivity index (χ3n) is 4.91. The van der Waals surface area contributed by atoms with Crippen molar-refractivity contribution in [3.63, 3.8) is 0 Å². The molecule has 1 heterocycles. The lowest BCUT2D eigenvalue weighted by molar-refractivity contribution is -0.125. The Morgan fingerprint density at radius 2 is 1.65 bits per heavy atom. The number of amides is 3. The number of benzene rings is 2. The highest BCUT2D eigenvalue weighted by Crippen LogP contribution is 2.23. The predicted molar refractivity (Wildman–Crippen MR) is 102 cm³/mol. The van der Waals surface area contributed by atoms with Gasteiger partial charge in [0.15, 0.2) is 0 Å². The summed E-state index contributed by atoms with van der Waals surface area (Å²) in [6.07, 6.45) is 0.868. The summed E-state index contributed by atoms with van der Waals surface area (Å²) in [5.74, 6) is 0.0795. The summed E-state index contributed by atoms with van der Waals surface area (Å²) in [5.41, 5.74) is 2.28. The van der Waals surface area contributed by atoms with Gasteiger partial charge in [-0.1, -0.05) is 67.6 Å². The average Bonchev–Trinajstić information content (AvgIpc) is 2.67. The fourth-order valence-electron chi connectivity index (χ4n) is 3.35. The maximum atomic E-state index is 12.4. The molecule has 2 aromatic carbocycles. The van der Waals surface area contributed by atoms with Crippen molar-refractivity contribution in [1.29, 1.82) is 0 Å². The van der Waals surface area contributed by atoms with Crippen LogP contribution in [-0.4, -0.2) is 31.1 Å². The Morgan fingerprint density at radius 3 is 2.19 bits per heavy atom. The molecule has 5 nitrogen and oxygen atoms in total. The van der Waals surface area contributed by atoms with Gasteiger partial charge in [0.2, 0.25) is 5.91 Å². The van der Waals surface area contributed by atoms with Gasteiger partial charge in [-0.2, -0.15) is 0 Å². The number of hydrogen-bond acceptors (Lipinski definition) is 2. The fourth-order valence-corrected chi connectivity index (χ4v) is 3.35. The van der Waals surface area contributed by atoms with Crippen LogP contribution in [0, 0.1) is 5.92 Å². The van der Waals surface area contributed by atoms with E-state index in [2.05, 4.69) is 40.2 Å². The van der Waals surface area contributed by atoms with Crippen LogP contribution in [0.2, 0.25) is 0 Å². The van der Waals surface area contributed by atoms with Crippen molar-refractivity contribution in [2.45, 2.75) is 25.3 Å². The molecule has 3 N–H and O–H groups in total. The number of carbonyl (C=O) groups is 2. The monoisotopic (exact) mass is 351 g/mol. The smallest absolute Gasteiger partial charge is 0.315 e. The second kappa shape index (κ2) is 8.52. The molecule has 1 aliphatic rings. The van der Waals surface area contributed by atoms with Gasteiger partial charge >= 0.3 is 6.03 Å².